The lowest BCUT2D eigenvalue weighted by molar-refractivity contribution is 0.0557. The third kappa shape index (κ3) is 3.53. The number of likely N-dealkylation sites (N-methyl/N-ethyl adjacent to an activating group) is 1. The van der Waals surface area contributed by atoms with Gasteiger partial charge in [-0.2, -0.15) is 0 Å². The Morgan fingerprint density at radius 2 is 2.10 bits per heavy atom. The Balaban J connectivity index is 2.03. The molecular formula is C16H26N4O. The molecule has 1 aromatic heterocycles. The monoisotopic (exact) mass is 290 g/mol. The lowest BCUT2D eigenvalue weighted by Gasteiger charge is -2.47. The number of hydrogen-bond acceptors (Lipinski definition) is 4. The number of aryl methyl sites for hydroxylation is 1. The van der Waals surface area contributed by atoms with Crippen LogP contribution in [0.2, 0.25) is 0 Å². The third-order valence-electron chi connectivity index (χ3n) is 4.38. The standard InChI is InChI=1S/C16H26N4O/c1-5-17-14-10-13(9-12(2)19-14)15(21)18-11-16(20(3)4)7-6-8-16/h9-10H,5-8,11H2,1-4H3,(H,17,19)(H,18,21). The fourth-order valence-electron chi connectivity index (χ4n) is 2.79. The van der Waals surface area contributed by atoms with Crippen LogP contribution in [0.3, 0.4) is 0 Å². The van der Waals surface area contributed by atoms with Gasteiger partial charge in [0.25, 0.3) is 5.91 Å². The number of carbonyl (C=O) groups excluding carboxylic acids is 1. The summed E-state index contributed by atoms with van der Waals surface area (Å²) in [6, 6.07) is 3.65. The number of anilines is 1. The summed E-state index contributed by atoms with van der Waals surface area (Å²) in [5.74, 6) is 0.737. The van der Waals surface area contributed by atoms with Gasteiger partial charge in [-0.1, -0.05) is 0 Å². The smallest absolute Gasteiger partial charge is 0.251 e. The Labute approximate surface area is 127 Å². The van der Waals surface area contributed by atoms with Gasteiger partial charge in [-0.3, -0.25) is 4.79 Å². The Morgan fingerprint density at radius 3 is 2.62 bits per heavy atom. The van der Waals surface area contributed by atoms with Crippen LogP contribution in [0.5, 0.6) is 0 Å². The second-order valence-electron chi connectivity index (χ2n) is 6.07. The zero-order valence-corrected chi connectivity index (χ0v) is 13.5. The second-order valence-corrected chi connectivity index (χ2v) is 6.07. The predicted octanol–water partition coefficient (Wildman–Crippen LogP) is 2.04. The lowest BCUT2D eigenvalue weighted by Crippen LogP contribution is -2.57. The molecule has 1 heterocycles. The first-order valence-electron chi connectivity index (χ1n) is 7.65. The molecule has 0 radical (unpaired) electrons. The first kappa shape index (κ1) is 15.8. The maximum absolute atomic E-state index is 12.4. The van der Waals surface area contributed by atoms with Crippen LogP contribution in [0.25, 0.3) is 0 Å². The highest BCUT2D eigenvalue weighted by molar-refractivity contribution is 5.95. The van der Waals surface area contributed by atoms with Crippen LogP contribution < -0.4 is 10.6 Å². The molecule has 0 atom stereocenters. The molecule has 2 rings (SSSR count). The van der Waals surface area contributed by atoms with Gasteiger partial charge >= 0.3 is 0 Å². The number of carbonyl (C=O) groups is 1. The van der Waals surface area contributed by atoms with Crippen molar-refractivity contribution in [2.45, 2.75) is 38.6 Å². The fourth-order valence-corrected chi connectivity index (χ4v) is 2.79. The third-order valence-corrected chi connectivity index (χ3v) is 4.38. The van der Waals surface area contributed by atoms with E-state index in [0.717, 1.165) is 30.9 Å². The second kappa shape index (κ2) is 6.43. The van der Waals surface area contributed by atoms with Crippen LogP contribution in [0, 0.1) is 6.92 Å². The van der Waals surface area contributed by atoms with Gasteiger partial charge in [0.05, 0.1) is 0 Å². The summed E-state index contributed by atoms with van der Waals surface area (Å²) in [5, 5.41) is 6.24. The highest BCUT2D eigenvalue weighted by Gasteiger charge is 2.39. The number of aromatic nitrogens is 1. The average Bonchev–Trinajstić information content (AvgIpc) is 2.36. The molecule has 21 heavy (non-hydrogen) atoms. The quantitative estimate of drug-likeness (QED) is 0.842. The van der Waals surface area contributed by atoms with Crippen LogP contribution in [-0.2, 0) is 0 Å². The van der Waals surface area contributed by atoms with Gasteiger partial charge < -0.3 is 15.5 Å². The Morgan fingerprint density at radius 1 is 1.38 bits per heavy atom. The van der Waals surface area contributed by atoms with E-state index in [2.05, 4.69) is 34.6 Å². The molecule has 1 amide bonds. The van der Waals surface area contributed by atoms with Crippen LogP contribution >= 0.6 is 0 Å². The summed E-state index contributed by atoms with van der Waals surface area (Å²) >= 11 is 0. The van der Waals surface area contributed by atoms with Gasteiger partial charge in [-0.15, -0.1) is 0 Å². The van der Waals surface area contributed by atoms with Gasteiger partial charge in [-0.05, 0) is 59.3 Å². The number of nitrogens with zero attached hydrogens (tertiary/aromatic N) is 2. The number of nitrogens with one attached hydrogen (secondary N) is 2. The van der Waals surface area contributed by atoms with Crippen molar-refractivity contribution in [3.05, 3.63) is 23.4 Å². The summed E-state index contributed by atoms with van der Waals surface area (Å²) < 4.78 is 0. The van der Waals surface area contributed by atoms with E-state index in [9.17, 15) is 4.79 Å². The minimum Gasteiger partial charge on any atom is -0.370 e. The van der Waals surface area contributed by atoms with Crippen LogP contribution in [0.1, 0.15) is 42.2 Å². The zero-order valence-electron chi connectivity index (χ0n) is 13.5. The van der Waals surface area contributed by atoms with Gasteiger partial charge in [0.15, 0.2) is 0 Å². The normalized spacial score (nSPS) is 16.4. The highest BCUT2D eigenvalue weighted by atomic mass is 16.1. The van der Waals surface area contributed by atoms with E-state index < -0.39 is 0 Å². The minimum absolute atomic E-state index is 0.0206. The van der Waals surface area contributed by atoms with Crippen molar-refractivity contribution >= 4 is 11.7 Å². The molecule has 1 saturated carbocycles. The maximum atomic E-state index is 12.4. The summed E-state index contributed by atoms with van der Waals surface area (Å²) in [5.41, 5.74) is 1.67. The number of hydrogen-bond donors (Lipinski definition) is 2. The van der Waals surface area contributed by atoms with E-state index >= 15 is 0 Å². The number of amides is 1. The molecule has 0 unspecified atom stereocenters. The molecule has 1 fully saturated rings. The fraction of sp³-hybridized carbons (Fsp3) is 0.625. The van der Waals surface area contributed by atoms with E-state index in [1.54, 1.807) is 0 Å². The van der Waals surface area contributed by atoms with Gasteiger partial charge in [-0.25, -0.2) is 4.98 Å². The maximum Gasteiger partial charge on any atom is 0.251 e. The summed E-state index contributed by atoms with van der Waals surface area (Å²) in [7, 11) is 4.18. The van der Waals surface area contributed by atoms with Gasteiger partial charge in [0.1, 0.15) is 5.82 Å². The van der Waals surface area contributed by atoms with Crippen LogP contribution in [-0.4, -0.2) is 48.5 Å². The van der Waals surface area contributed by atoms with Crippen molar-refractivity contribution in [2.75, 3.05) is 32.5 Å². The van der Waals surface area contributed by atoms with E-state index in [1.165, 1.54) is 6.42 Å². The van der Waals surface area contributed by atoms with Gasteiger partial charge in [0.2, 0.25) is 0 Å². The Hall–Kier alpha value is -1.62. The molecule has 0 spiro atoms. The van der Waals surface area contributed by atoms with E-state index in [0.29, 0.717) is 12.1 Å². The number of rotatable bonds is 6. The molecule has 5 nitrogen and oxygen atoms in total. The molecule has 116 valence electrons. The largest absolute Gasteiger partial charge is 0.370 e. The van der Waals surface area contributed by atoms with Crippen molar-refractivity contribution in [1.82, 2.24) is 15.2 Å². The Bertz CT molecular complexity index is 509. The molecule has 5 heteroatoms. The molecule has 0 aliphatic heterocycles. The zero-order chi connectivity index (χ0) is 15.5. The molecule has 1 aromatic rings. The topological polar surface area (TPSA) is 57.3 Å². The van der Waals surface area contributed by atoms with Gasteiger partial charge in [0, 0.05) is 29.9 Å². The van der Waals surface area contributed by atoms with Crippen LogP contribution in [0.4, 0.5) is 5.82 Å². The summed E-state index contributed by atoms with van der Waals surface area (Å²) in [4.78, 5) is 19.0. The summed E-state index contributed by atoms with van der Waals surface area (Å²) in [6.07, 6.45) is 3.55. The number of pyridine rings is 1. The highest BCUT2D eigenvalue weighted by Crippen LogP contribution is 2.35. The van der Waals surface area contributed by atoms with Crippen molar-refractivity contribution < 1.29 is 4.79 Å². The van der Waals surface area contributed by atoms with E-state index in [1.807, 2.05) is 26.0 Å². The summed E-state index contributed by atoms with van der Waals surface area (Å²) in [6.45, 7) is 5.42. The Kier molecular flexibility index (Phi) is 4.83. The van der Waals surface area contributed by atoms with E-state index in [-0.39, 0.29) is 11.4 Å². The predicted molar refractivity (Wildman–Crippen MR) is 85.7 cm³/mol. The van der Waals surface area contributed by atoms with Crippen LogP contribution in [0.15, 0.2) is 12.1 Å². The molecule has 0 saturated heterocycles. The molecule has 0 bridgehead atoms. The van der Waals surface area contributed by atoms with Crippen molar-refractivity contribution in [1.29, 1.82) is 0 Å². The van der Waals surface area contributed by atoms with E-state index in [4.69, 9.17) is 0 Å². The first-order chi connectivity index (χ1) is 9.97. The van der Waals surface area contributed by atoms with Crippen molar-refractivity contribution in [2.24, 2.45) is 0 Å². The first-order valence-corrected chi connectivity index (χ1v) is 7.65. The average molecular weight is 290 g/mol. The molecule has 1 aliphatic carbocycles. The minimum atomic E-state index is -0.0206. The molecule has 0 aromatic carbocycles. The lowest BCUT2D eigenvalue weighted by atomic mass is 9.75. The molecular weight excluding hydrogens is 264 g/mol. The van der Waals surface area contributed by atoms with Crippen molar-refractivity contribution in [3.63, 3.8) is 0 Å². The SMILES string of the molecule is CCNc1cc(C(=O)NCC2(N(C)C)CCC2)cc(C)n1. The molecule has 1 aliphatic rings. The van der Waals surface area contributed by atoms with Crippen molar-refractivity contribution in [3.8, 4) is 0 Å². The molecule has 2 N–H and O–H groups in total.